The second-order valence-electron chi connectivity index (χ2n) is 5.40. The molecule has 0 fully saturated rings. The third-order valence-corrected chi connectivity index (χ3v) is 3.73. The summed E-state index contributed by atoms with van der Waals surface area (Å²) < 4.78 is 39.1. The summed E-state index contributed by atoms with van der Waals surface area (Å²) >= 11 is 11.7. The van der Waals surface area contributed by atoms with Crippen molar-refractivity contribution in [3.63, 3.8) is 0 Å². The van der Waals surface area contributed by atoms with Gasteiger partial charge in [0.2, 0.25) is 5.91 Å². The molecule has 24 heavy (non-hydrogen) atoms. The van der Waals surface area contributed by atoms with E-state index in [1.807, 2.05) is 0 Å². The normalized spacial score (nSPS) is 13.0. The molecule has 130 valence electrons. The molecule has 1 aromatic carbocycles. The Bertz CT molecular complexity index is 739. The lowest BCUT2D eigenvalue weighted by atomic mass is 10.1. The number of aryl methyl sites for hydroxylation is 1. The number of carbonyl (C=O) groups is 1. The molecule has 1 heterocycles. The van der Waals surface area contributed by atoms with Crippen molar-refractivity contribution in [2.45, 2.75) is 26.6 Å². The molecule has 0 aliphatic rings. The van der Waals surface area contributed by atoms with Gasteiger partial charge in [0.25, 0.3) is 0 Å². The lowest BCUT2D eigenvalue weighted by Gasteiger charge is -2.14. The van der Waals surface area contributed by atoms with Gasteiger partial charge in [-0.05, 0) is 31.2 Å². The van der Waals surface area contributed by atoms with Crippen LogP contribution in [0.15, 0.2) is 24.3 Å². The molecule has 1 aromatic heterocycles. The molecule has 1 N–H and O–H groups in total. The van der Waals surface area contributed by atoms with Gasteiger partial charge in [-0.1, -0.05) is 30.1 Å². The molecule has 1 unspecified atom stereocenters. The van der Waals surface area contributed by atoms with Crippen molar-refractivity contribution in [3.05, 3.63) is 45.7 Å². The molecular weight excluding hydrogens is 366 g/mol. The number of hydrogen-bond acceptors (Lipinski definition) is 2. The van der Waals surface area contributed by atoms with Gasteiger partial charge in [-0.2, -0.15) is 18.3 Å². The van der Waals surface area contributed by atoms with Crippen LogP contribution < -0.4 is 5.32 Å². The highest BCUT2D eigenvalue weighted by Gasteiger charge is 2.34. The molecule has 4 nitrogen and oxygen atoms in total. The van der Waals surface area contributed by atoms with Crippen LogP contribution in [0.3, 0.4) is 0 Å². The average Bonchev–Trinajstić information content (AvgIpc) is 2.79. The van der Waals surface area contributed by atoms with Crippen LogP contribution in [0.25, 0.3) is 0 Å². The minimum atomic E-state index is -4.51. The highest BCUT2D eigenvalue weighted by atomic mass is 35.5. The van der Waals surface area contributed by atoms with Crippen LogP contribution in [-0.2, 0) is 17.5 Å². The predicted octanol–water partition coefficient (Wildman–Crippen LogP) is 4.79. The summed E-state index contributed by atoms with van der Waals surface area (Å²) in [6.45, 7) is 3.11. The third-order valence-electron chi connectivity index (χ3n) is 3.30. The van der Waals surface area contributed by atoms with Crippen molar-refractivity contribution in [2.75, 3.05) is 5.32 Å². The maximum absolute atomic E-state index is 12.7. The average molecular weight is 380 g/mol. The molecular formula is C15H14Cl2F3N3O. The Labute approximate surface area is 146 Å². The Morgan fingerprint density at radius 1 is 1.25 bits per heavy atom. The molecule has 1 atom stereocenters. The number of hydrogen-bond donors (Lipinski definition) is 1. The van der Waals surface area contributed by atoms with Gasteiger partial charge in [0, 0.05) is 21.4 Å². The van der Waals surface area contributed by atoms with Crippen LogP contribution in [0.2, 0.25) is 10.0 Å². The summed E-state index contributed by atoms with van der Waals surface area (Å²) in [5.41, 5.74) is -0.237. The minimum Gasteiger partial charge on any atom is -0.326 e. The second-order valence-corrected chi connectivity index (χ2v) is 6.27. The Balaban J connectivity index is 2.08. The summed E-state index contributed by atoms with van der Waals surface area (Å²) in [6.07, 6.45) is -4.51. The third kappa shape index (κ3) is 4.64. The van der Waals surface area contributed by atoms with E-state index >= 15 is 0 Å². The SMILES string of the molecule is Cc1cc(C(F)(F)F)nn1CC(C)C(=O)Nc1cc(Cl)cc(Cl)c1. The first kappa shape index (κ1) is 18.6. The second kappa shape index (κ2) is 7.03. The van der Waals surface area contributed by atoms with Crippen molar-refractivity contribution >= 4 is 34.8 Å². The van der Waals surface area contributed by atoms with E-state index in [2.05, 4.69) is 10.4 Å². The monoisotopic (exact) mass is 379 g/mol. The molecule has 2 aromatic rings. The van der Waals surface area contributed by atoms with Gasteiger partial charge in [0.15, 0.2) is 5.69 Å². The maximum atomic E-state index is 12.7. The van der Waals surface area contributed by atoms with Crippen LogP contribution in [0.1, 0.15) is 18.3 Å². The lowest BCUT2D eigenvalue weighted by molar-refractivity contribution is -0.141. The Morgan fingerprint density at radius 2 is 1.83 bits per heavy atom. The van der Waals surface area contributed by atoms with Gasteiger partial charge < -0.3 is 5.32 Å². The smallest absolute Gasteiger partial charge is 0.326 e. The first-order chi connectivity index (χ1) is 11.1. The number of rotatable bonds is 4. The number of carbonyl (C=O) groups excluding carboxylic acids is 1. The summed E-state index contributed by atoms with van der Waals surface area (Å²) in [5, 5.41) is 6.87. The van der Waals surface area contributed by atoms with Gasteiger partial charge in [0.05, 0.1) is 12.5 Å². The topological polar surface area (TPSA) is 46.9 Å². The summed E-state index contributed by atoms with van der Waals surface area (Å²) in [5.74, 6) is -0.987. The van der Waals surface area contributed by atoms with E-state index < -0.39 is 17.8 Å². The summed E-state index contributed by atoms with van der Waals surface area (Å²) in [7, 11) is 0. The summed E-state index contributed by atoms with van der Waals surface area (Å²) in [6, 6.07) is 5.52. The van der Waals surface area contributed by atoms with Gasteiger partial charge in [-0.3, -0.25) is 9.48 Å². The zero-order chi connectivity index (χ0) is 18.1. The Morgan fingerprint density at radius 3 is 2.33 bits per heavy atom. The number of amides is 1. The molecule has 0 aliphatic carbocycles. The minimum absolute atomic E-state index is 0.0159. The lowest BCUT2D eigenvalue weighted by Crippen LogP contribution is -2.25. The Kier molecular flexibility index (Phi) is 5.45. The van der Waals surface area contributed by atoms with Crippen LogP contribution in [0, 0.1) is 12.8 Å². The predicted molar refractivity (Wildman–Crippen MR) is 86.2 cm³/mol. The van der Waals surface area contributed by atoms with Crippen LogP contribution in [0.4, 0.5) is 18.9 Å². The van der Waals surface area contributed by atoms with Gasteiger partial charge >= 0.3 is 6.18 Å². The number of anilines is 1. The number of aromatic nitrogens is 2. The number of alkyl halides is 3. The highest BCUT2D eigenvalue weighted by molar-refractivity contribution is 6.35. The molecule has 0 radical (unpaired) electrons. The molecule has 0 bridgehead atoms. The van der Waals surface area contributed by atoms with Crippen molar-refractivity contribution in [2.24, 2.45) is 5.92 Å². The van der Waals surface area contributed by atoms with E-state index in [-0.39, 0.29) is 12.5 Å². The van der Waals surface area contributed by atoms with E-state index in [0.29, 0.717) is 21.4 Å². The van der Waals surface area contributed by atoms with Crippen molar-refractivity contribution in [1.82, 2.24) is 9.78 Å². The molecule has 1 amide bonds. The van der Waals surface area contributed by atoms with Crippen molar-refractivity contribution in [3.8, 4) is 0 Å². The van der Waals surface area contributed by atoms with Crippen molar-refractivity contribution < 1.29 is 18.0 Å². The molecule has 0 saturated carbocycles. The van der Waals surface area contributed by atoms with Gasteiger partial charge in [-0.25, -0.2) is 0 Å². The molecule has 9 heteroatoms. The quantitative estimate of drug-likeness (QED) is 0.829. The number of halogens is 5. The Hall–Kier alpha value is -1.73. The zero-order valence-electron chi connectivity index (χ0n) is 12.8. The number of benzene rings is 1. The van der Waals surface area contributed by atoms with Crippen LogP contribution in [0.5, 0.6) is 0 Å². The van der Waals surface area contributed by atoms with Crippen LogP contribution in [-0.4, -0.2) is 15.7 Å². The molecule has 0 saturated heterocycles. The first-order valence-corrected chi connectivity index (χ1v) is 7.70. The first-order valence-electron chi connectivity index (χ1n) is 6.95. The fourth-order valence-electron chi connectivity index (χ4n) is 2.07. The zero-order valence-corrected chi connectivity index (χ0v) is 14.3. The number of nitrogens with one attached hydrogen (secondary N) is 1. The van der Waals surface area contributed by atoms with E-state index in [4.69, 9.17) is 23.2 Å². The summed E-state index contributed by atoms with van der Waals surface area (Å²) in [4.78, 5) is 12.2. The fourth-order valence-corrected chi connectivity index (χ4v) is 2.59. The van der Waals surface area contributed by atoms with E-state index in [1.54, 1.807) is 6.92 Å². The van der Waals surface area contributed by atoms with Gasteiger partial charge in [-0.15, -0.1) is 0 Å². The fraction of sp³-hybridized carbons (Fsp3) is 0.333. The van der Waals surface area contributed by atoms with E-state index in [9.17, 15) is 18.0 Å². The van der Waals surface area contributed by atoms with Crippen LogP contribution >= 0.6 is 23.2 Å². The molecule has 0 spiro atoms. The highest BCUT2D eigenvalue weighted by Crippen LogP contribution is 2.28. The molecule has 2 rings (SSSR count). The maximum Gasteiger partial charge on any atom is 0.435 e. The standard InChI is InChI=1S/C15H14Cl2F3N3O/c1-8(7-23-9(2)3-13(22-23)15(18,19)20)14(24)21-12-5-10(16)4-11(17)6-12/h3-6,8H,7H2,1-2H3,(H,21,24). The van der Waals surface area contributed by atoms with Gasteiger partial charge in [0.1, 0.15) is 0 Å². The van der Waals surface area contributed by atoms with Crippen molar-refractivity contribution in [1.29, 1.82) is 0 Å². The molecule has 0 aliphatic heterocycles. The van der Waals surface area contributed by atoms with E-state index in [1.165, 1.54) is 25.1 Å². The largest absolute Gasteiger partial charge is 0.435 e. The number of nitrogens with zero attached hydrogens (tertiary/aromatic N) is 2. The van der Waals surface area contributed by atoms with E-state index in [0.717, 1.165) is 10.7 Å².